The van der Waals surface area contributed by atoms with Crippen LogP contribution < -0.4 is 0 Å². The summed E-state index contributed by atoms with van der Waals surface area (Å²) in [6.07, 6.45) is 0. The van der Waals surface area contributed by atoms with Crippen molar-refractivity contribution >= 4 is 27.7 Å². The molecule has 1 aliphatic carbocycles. The van der Waals surface area contributed by atoms with E-state index in [0.29, 0.717) is 23.9 Å². The summed E-state index contributed by atoms with van der Waals surface area (Å²) in [6.45, 7) is 21.6. The molecule has 0 bridgehead atoms. The van der Waals surface area contributed by atoms with Crippen LogP contribution in [0.5, 0.6) is 0 Å². The van der Waals surface area contributed by atoms with Crippen molar-refractivity contribution in [3.8, 4) is 22.6 Å². The van der Waals surface area contributed by atoms with Crippen molar-refractivity contribution in [2.45, 2.75) is 92.7 Å². The van der Waals surface area contributed by atoms with Gasteiger partial charge in [0.15, 0.2) is 0 Å². The van der Waals surface area contributed by atoms with Gasteiger partial charge in [-0.25, -0.2) is 0 Å². The fraction of sp³-hybridized carbons (Fsp3) is 0.385. The van der Waals surface area contributed by atoms with Crippen molar-refractivity contribution in [2.24, 2.45) is 10.9 Å². The quantitative estimate of drug-likeness (QED) is 0.102. The van der Waals surface area contributed by atoms with E-state index in [-0.39, 0.29) is 25.5 Å². The van der Waals surface area contributed by atoms with Crippen molar-refractivity contribution < 1.29 is 24.5 Å². The second kappa shape index (κ2) is 13.4. The van der Waals surface area contributed by atoms with Gasteiger partial charge in [-0.05, 0) is 64.2 Å². The standard InChI is InChI=1S/C29H24NO.C10H21N2.Ir/c1-17(2)18-12-14-23-19(16-18)13-15-24(30-23)20-9-7-10-22-26(20)29(3,4)27-21-8-5-6-11-25(21)31-28(22)27;1-7(2)10(11-8(3)4)12-9(5)6;/h5-8,10-17H,1-4H3;7-9H,1-6H3;/q2*-1;. The van der Waals surface area contributed by atoms with Gasteiger partial charge in [0.2, 0.25) is 0 Å². The molecule has 0 atom stereocenters. The Morgan fingerprint density at radius 3 is 2.27 bits per heavy atom. The molecule has 5 aromatic rings. The van der Waals surface area contributed by atoms with E-state index < -0.39 is 0 Å². The number of aromatic nitrogens is 1. The second-order valence-corrected chi connectivity index (χ2v) is 13.3. The first-order valence-electron chi connectivity index (χ1n) is 15.7. The van der Waals surface area contributed by atoms with Gasteiger partial charge in [0.25, 0.3) is 0 Å². The molecular weight excluding hydrogens is 719 g/mol. The van der Waals surface area contributed by atoms with Crippen molar-refractivity contribution in [2.75, 3.05) is 0 Å². The van der Waals surface area contributed by atoms with Gasteiger partial charge < -0.3 is 14.7 Å². The Balaban J connectivity index is 0.000000293. The molecule has 2 heterocycles. The molecule has 0 fully saturated rings. The number of pyridine rings is 1. The van der Waals surface area contributed by atoms with Crippen LogP contribution in [0.4, 0.5) is 0 Å². The van der Waals surface area contributed by atoms with Crippen LogP contribution in [0.15, 0.2) is 76.1 Å². The van der Waals surface area contributed by atoms with E-state index in [1.165, 1.54) is 27.5 Å². The Morgan fingerprint density at radius 2 is 1.61 bits per heavy atom. The van der Waals surface area contributed by atoms with Crippen LogP contribution >= 0.6 is 0 Å². The first-order valence-corrected chi connectivity index (χ1v) is 15.7. The number of hydrogen-bond acceptors (Lipinski definition) is 3. The van der Waals surface area contributed by atoms with Crippen LogP contribution in [0.1, 0.15) is 91.8 Å². The maximum absolute atomic E-state index is 6.33. The summed E-state index contributed by atoms with van der Waals surface area (Å²) in [5.41, 5.74) is 8.81. The molecule has 233 valence electrons. The van der Waals surface area contributed by atoms with E-state index in [1.807, 2.05) is 12.1 Å². The molecule has 6 rings (SSSR count). The number of para-hydroxylation sites is 1. The van der Waals surface area contributed by atoms with E-state index in [9.17, 15) is 0 Å². The minimum Gasteiger partial charge on any atom is -0.466 e. The molecule has 0 N–H and O–H groups in total. The summed E-state index contributed by atoms with van der Waals surface area (Å²) < 4.78 is 6.33. The van der Waals surface area contributed by atoms with Crippen molar-refractivity contribution in [1.29, 1.82) is 0 Å². The zero-order chi connectivity index (χ0) is 31.1. The second-order valence-electron chi connectivity index (χ2n) is 13.3. The molecule has 0 saturated heterocycles. The fourth-order valence-corrected chi connectivity index (χ4v) is 6.02. The first kappa shape index (κ1) is 33.6. The normalized spacial score (nSPS) is 13.7. The summed E-state index contributed by atoms with van der Waals surface area (Å²) in [6, 6.07) is 27.6. The summed E-state index contributed by atoms with van der Waals surface area (Å²) in [5, 5.41) is 6.84. The molecule has 5 heteroatoms. The number of nitrogens with zero attached hydrogens (tertiary/aromatic N) is 3. The number of benzene rings is 3. The molecule has 0 unspecified atom stereocenters. The minimum atomic E-state index is -0.192. The average Bonchev–Trinajstić information content (AvgIpc) is 3.45. The van der Waals surface area contributed by atoms with Crippen molar-refractivity contribution in [3.05, 3.63) is 94.8 Å². The molecule has 0 saturated carbocycles. The van der Waals surface area contributed by atoms with Crippen LogP contribution in [-0.4, -0.2) is 22.9 Å². The van der Waals surface area contributed by atoms with Crippen LogP contribution in [-0.2, 0) is 25.5 Å². The average molecular weight is 764 g/mol. The largest absolute Gasteiger partial charge is 0.466 e. The topological polar surface area (TPSA) is 52.5 Å². The molecule has 0 amide bonds. The zero-order valence-electron chi connectivity index (χ0n) is 27.7. The Hall–Kier alpha value is -3.27. The van der Waals surface area contributed by atoms with E-state index in [2.05, 4.69) is 140 Å². The smallest absolute Gasteiger partial charge is 0.135 e. The number of hydrogen-bond donors (Lipinski definition) is 0. The molecule has 1 aliphatic rings. The van der Waals surface area contributed by atoms with Gasteiger partial charge >= 0.3 is 0 Å². The van der Waals surface area contributed by atoms with Crippen LogP contribution in [0.2, 0.25) is 0 Å². The van der Waals surface area contributed by atoms with E-state index in [1.54, 1.807) is 0 Å². The molecular formula is C39H45IrN3O-2. The monoisotopic (exact) mass is 764 g/mol. The van der Waals surface area contributed by atoms with Gasteiger partial charge in [-0.15, -0.1) is 29.3 Å². The first-order chi connectivity index (χ1) is 20.4. The Bertz CT molecular complexity index is 1790. The molecule has 44 heavy (non-hydrogen) atoms. The van der Waals surface area contributed by atoms with Crippen molar-refractivity contribution in [3.63, 3.8) is 0 Å². The Labute approximate surface area is 277 Å². The number of fused-ring (bicyclic) bond motifs is 6. The minimum absolute atomic E-state index is 0. The van der Waals surface area contributed by atoms with E-state index in [4.69, 9.17) is 9.40 Å². The van der Waals surface area contributed by atoms with Crippen LogP contribution in [0.3, 0.4) is 0 Å². The Kier molecular flexibility index (Phi) is 10.2. The van der Waals surface area contributed by atoms with Crippen LogP contribution in [0, 0.1) is 12.0 Å². The van der Waals surface area contributed by atoms with E-state index >= 15 is 0 Å². The SMILES string of the molecule is CC(C)N=C([N-]C(C)C)C(C)C.CC(C)c1ccc2nc(-c3[c-]ccc4c3C(C)(C)c3c-4oc4ccccc34)ccc2c1.[Ir]. The molecule has 0 spiro atoms. The number of furan rings is 1. The molecule has 0 aliphatic heterocycles. The third-order valence-electron chi connectivity index (χ3n) is 8.02. The predicted octanol–water partition coefficient (Wildman–Crippen LogP) is 11.1. The van der Waals surface area contributed by atoms with Gasteiger partial charge in [0.05, 0.1) is 5.52 Å². The summed E-state index contributed by atoms with van der Waals surface area (Å²) in [5.74, 6) is 2.93. The third kappa shape index (κ3) is 6.55. The molecule has 4 nitrogen and oxygen atoms in total. The summed E-state index contributed by atoms with van der Waals surface area (Å²) in [4.78, 5) is 9.50. The van der Waals surface area contributed by atoms with Gasteiger partial charge in [-0.1, -0.05) is 117 Å². The van der Waals surface area contributed by atoms with Crippen LogP contribution in [0.25, 0.3) is 49.8 Å². The number of amidine groups is 1. The van der Waals surface area contributed by atoms with E-state index in [0.717, 1.165) is 39.5 Å². The third-order valence-corrected chi connectivity index (χ3v) is 8.02. The van der Waals surface area contributed by atoms with Gasteiger partial charge in [-0.3, -0.25) is 4.98 Å². The molecule has 1 radical (unpaired) electrons. The number of aliphatic imine (C=N–C) groups is 1. The fourth-order valence-electron chi connectivity index (χ4n) is 6.02. The van der Waals surface area contributed by atoms with Crippen molar-refractivity contribution in [1.82, 2.24) is 4.98 Å². The van der Waals surface area contributed by atoms with Gasteiger partial charge in [0, 0.05) is 31.1 Å². The summed E-state index contributed by atoms with van der Waals surface area (Å²) >= 11 is 0. The Morgan fingerprint density at radius 1 is 0.886 bits per heavy atom. The molecule has 2 aromatic heterocycles. The predicted molar refractivity (Wildman–Crippen MR) is 183 cm³/mol. The maximum Gasteiger partial charge on any atom is 0.135 e. The van der Waals surface area contributed by atoms with Gasteiger partial charge in [-0.2, -0.15) is 0 Å². The summed E-state index contributed by atoms with van der Waals surface area (Å²) in [7, 11) is 0. The molecule has 3 aromatic carbocycles. The zero-order valence-corrected chi connectivity index (χ0v) is 30.1. The van der Waals surface area contributed by atoms with Gasteiger partial charge in [0.1, 0.15) is 11.3 Å². The number of rotatable bonds is 5. The maximum atomic E-state index is 6.33.